The first-order chi connectivity index (χ1) is 10.4. The summed E-state index contributed by atoms with van der Waals surface area (Å²) in [6.07, 6.45) is 9.26. The number of benzene rings is 1. The van der Waals surface area contributed by atoms with Crippen molar-refractivity contribution < 1.29 is 4.74 Å². The summed E-state index contributed by atoms with van der Waals surface area (Å²) >= 11 is 0. The van der Waals surface area contributed by atoms with Gasteiger partial charge in [-0.25, -0.2) is 0 Å². The predicted molar refractivity (Wildman–Crippen MR) is 86.1 cm³/mol. The van der Waals surface area contributed by atoms with Crippen molar-refractivity contribution >= 4 is 0 Å². The van der Waals surface area contributed by atoms with Crippen molar-refractivity contribution in [3.05, 3.63) is 59.8 Å². The minimum atomic E-state index is 0.331. The maximum atomic E-state index is 5.83. The van der Waals surface area contributed by atoms with Crippen LogP contribution < -0.4 is 10.6 Å². The Morgan fingerprint density at radius 3 is 2.86 bits per heavy atom. The van der Waals surface area contributed by atoms with E-state index in [4.69, 9.17) is 4.74 Å². The highest BCUT2D eigenvalue weighted by Gasteiger charge is 2.23. The third-order valence-electron chi connectivity index (χ3n) is 4.15. The van der Waals surface area contributed by atoms with E-state index >= 15 is 0 Å². The van der Waals surface area contributed by atoms with Crippen LogP contribution in [0.5, 0.6) is 0 Å². The van der Waals surface area contributed by atoms with Crippen molar-refractivity contribution in [3.8, 4) is 0 Å². The molecule has 1 aromatic rings. The van der Waals surface area contributed by atoms with Gasteiger partial charge in [0.25, 0.3) is 0 Å². The van der Waals surface area contributed by atoms with Gasteiger partial charge in [0.2, 0.25) is 0 Å². The summed E-state index contributed by atoms with van der Waals surface area (Å²) < 4.78 is 5.83. The quantitative estimate of drug-likeness (QED) is 0.870. The second-order valence-corrected chi connectivity index (χ2v) is 5.69. The van der Waals surface area contributed by atoms with Gasteiger partial charge in [-0.1, -0.05) is 42.5 Å². The lowest BCUT2D eigenvalue weighted by Gasteiger charge is -2.30. The van der Waals surface area contributed by atoms with E-state index in [1.54, 1.807) is 0 Å². The van der Waals surface area contributed by atoms with Gasteiger partial charge in [0.1, 0.15) is 0 Å². The Morgan fingerprint density at radius 2 is 2.14 bits per heavy atom. The summed E-state index contributed by atoms with van der Waals surface area (Å²) in [7, 11) is 0. The fraction of sp³-hybridized carbons (Fsp3) is 0.444. The van der Waals surface area contributed by atoms with Crippen LogP contribution in [0.1, 0.15) is 12.0 Å². The summed E-state index contributed by atoms with van der Waals surface area (Å²) in [5.41, 5.74) is 2.62. The fourth-order valence-corrected chi connectivity index (χ4v) is 2.90. The molecule has 1 heterocycles. The van der Waals surface area contributed by atoms with Crippen molar-refractivity contribution in [2.75, 3.05) is 26.2 Å². The molecule has 0 spiro atoms. The van der Waals surface area contributed by atoms with Gasteiger partial charge >= 0.3 is 0 Å². The van der Waals surface area contributed by atoms with Crippen molar-refractivity contribution in [3.63, 3.8) is 0 Å². The van der Waals surface area contributed by atoms with Crippen molar-refractivity contribution in [2.45, 2.75) is 18.9 Å². The first kappa shape index (κ1) is 14.4. The second-order valence-electron chi connectivity index (χ2n) is 5.69. The van der Waals surface area contributed by atoms with Crippen molar-refractivity contribution in [2.24, 2.45) is 5.92 Å². The molecule has 1 aliphatic heterocycles. The van der Waals surface area contributed by atoms with E-state index in [0.29, 0.717) is 12.0 Å². The van der Waals surface area contributed by atoms with E-state index in [2.05, 4.69) is 59.2 Å². The number of ether oxygens (including phenoxy) is 1. The largest absolute Gasteiger partial charge is 0.385 e. The molecule has 3 rings (SSSR count). The number of rotatable bonds is 5. The van der Waals surface area contributed by atoms with E-state index in [9.17, 15) is 0 Å². The average Bonchev–Trinajstić information content (AvgIpc) is 2.57. The highest BCUT2D eigenvalue weighted by atomic mass is 16.5. The van der Waals surface area contributed by atoms with Gasteiger partial charge in [0.05, 0.1) is 12.7 Å². The van der Waals surface area contributed by atoms with Crippen LogP contribution in [0.2, 0.25) is 0 Å². The smallest absolute Gasteiger partial charge is 0.0765 e. The van der Waals surface area contributed by atoms with Crippen LogP contribution in [0, 0.1) is 5.92 Å². The molecule has 0 aromatic heterocycles. The lowest BCUT2D eigenvalue weighted by atomic mass is 9.93. The molecule has 2 atom stereocenters. The van der Waals surface area contributed by atoms with Gasteiger partial charge in [0.15, 0.2) is 0 Å². The summed E-state index contributed by atoms with van der Waals surface area (Å²) in [6, 6.07) is 10.6. The van der Waals surface area contributed by atoms with Gasteiger partial charge in [-0.05, 0) is 24.5 Å². The summed E-state index contributed by atoms with van der Waals surface area (Å²) in [4.78, 5) is 0. The van der Waals surface area contributed by atoms with Gasteiger partial charge < -0.3 is 15.4 Å². The Balaban J connectivity index is 1.42. The summed E-state index contributed by atoms with van der Waals surface area (Å²) in [6.45, 7) is 3.77. The highest BCUT2D eigenvalue weighted by Crippen LogP contribution is 2.21. The Kier molecular flexibility index (Phi) is 5.08. The maximum Gasteiger partial charge on any atom is 0.0765 e. The molecule has 21 heavy (non-hydrogen) atoms. The number of nitrogens with one attached hydrogen (secondary N) is 2. The van der Waals surface area contributed by atoms with E-state index in [-0.39, 0.29) is 0 Å². The zero-order chi connectivity index (χ0) is 14.3. The SMILES string of the molecule is C1=CC([C@H]2CNCCO2)CC=C1NCCc1ccccc1. The minimum absolute atomic E-state index is 0.331. The maximum absolute atomic E-state index is 5.83. The molecule has 1 aromatic carbocycles. The highest BCUT2D eigenvalue weighted by molar-refractivity contribution is 5.23. The van der Waals surface area contributed by atoms with E-state index < -0.39 is 0 Å². The number of hydrogen-bond acceptors (Lipinski definition) is 3. The Labute approximate surface area is 127 Å². The first-order valence-corrected chi connectivity index (χ1v) is 7.90. The molecule has 1 unspecified atom stereocenters. The van der Waals surface area contributed by atoms with Crippen LogP contribution in [0.25, 0.3) is 0 Å². The molecule has 1 fully saturated rings. The lowest BCUT2D eigenvalue weighted by Crippen LogP contribution is -2.42. The Morgan fingerprint density at radius 1 is 1.24 bits per heavy atom. The minimum Gasteiger partial charge on any atom is -0.385 e. The number of hydrogen-bond donors (Lipinski definition) is 2. The molecule has 112 valence electrons. The average molecular weight is 284 g/mol. The van der Waals surface area contributed by atoms with E-state index in [1.165, 1.54) is 11.3 Å². The molecule has 3 heteroatoms. The molecule has 2 aliphatic rings. The Bertz CT molecular complexity index is 489. The third-order valence-corrected chi connectivity index (χ3v) is 4.15. The predicted octanol–water partition coefficient (Wildman–Crippen LogP) is 2.27. The number of allylic oxidation sites excluding steroid dienone is 2. The van der Waals surface area contributed by atoms with Crippen LogP contribution in [0.3, 0.4) is 0 Å². The third kappa shape index (κ3) is 4.19. The molecule has 1 aliphatic carbocycles. The van der Waals surface area contributed by atoms with E-state index in [0.717, 1.165) is 39.1 Å². The van der Waals surface area contributed by atoms with Gasteiger partial charge in [0, 0.05) is 31.2 Å². The van der Waals surface area contributed by atoms with Crippen molar-refractivity contribution in [1.82, 2.24) is 10.6 Å². The molecule has 2 N–H and O–H groups in total. The first-order valence-electron chi connectivity index (χ1n) is 7.90. The van der Waals surface area contributed by atoms with Gasteiger partial charge in [-0.2, -0.15) is 0 Å². The molecule has 0 bridgehead atoms. The normalized spacial score (nSPS) is 25.4. The van der Waals surface area contributed by atoms with Crippen LogP contribution in [0.15, 0.2) is 54.3 Å². The molecule has 0 saturated carbocycles. The van der Waals surface area contributed by atoms with Gasteiger partial charge in [-0.3, -0.25) is 0 Å². The summed E-state index contributed by atoms with van der Waals surface area (Å²) in [5, 5.41) is 6.91. The lowest BCUT2D eigenvalue weighted by molar-refractivity contribution is 0.00350. The molecule has 0 amide bonds. The van der Waals surface area contributed by atoms with Gasteiger partial charge in [-0.15, -0.1) is 0 Å². The van der Waals surface area contributed by atoms with Crippen molar-refractivity contribution in [1.29, 1.82) is 0 Å². The molecule has 1 saturated heterocycles. The molecule has 0 radical (unpaired) electrons. The zero-order valence-electron chi connectivity index (χ0n) is 12.4. The molecular formula is C18H24N2O. The monoisotopic (exact) mass is 284 g/mol. The number of morpholine rings is 1. The van der Waals surface area contributed by atoms with Crippen LogP contribution in [-0.2, 0) is 11.2 Å². The topological polar surface area (TPSA) is 33.3 Å². The van der Waals surface area contributed by atoms with Crippen LogP contribution >= 0.6 is 0 Å². The fourth-order valence-electron chi connectivity index (χ4n) is 2.90. The zero-order valence-corrected chi connectivity index (χ0v) is 12.4. The van der Waals surface area contributed by atoms with E-state index in [1.807, 2.05) is 0 Å². The second kappa shape index (κ2) is 7.43. The van der Waals surface area contributed by atoms with Crippen LogP contribution in [0.4, 0.5) is 0 Å². The molecule has 3 nitrogen and oxygen atoms in total. The molecular weight excluding hydrogens is 260 g/mol. The standard InChI is InChI=1S/C18H24N2O/c1-2-4-15(5-3-1)10-11-20-17-8-6-16(7-9-17)18-14-19-12-13-21-18/h1-6,8-9,16,18-20H,7,10-14H2/t16?,18-/m1/s1. The van der Waals surface area contributed by atoms with Crippen LogP contribution in [-0.4, -0.2) is 32.3 Å². The Hall–Kier alpha value is -1.58. The summed E-state index contributed by atoms with van der Waals surface area (Å²) in [5.74, 6) is 0.512.